The van der Waals surface area contributed by atoms with Crippen LogP contribution < -0.4 is 4.90 Å². The Kier molecular flexibility index (Phi) is 8.83. The fourth-order valence-electron chi connectivity index (χ4n) is 9.70. The van der Waals surface area contributed by atoms with E-state index in [0.29, 0.717) is 5.92 Å². The molecule has 3 aliphatic carbocycles. The topological polar surface area (TPSA) is 3.24 Å². The summed E-state index contributed by atoms with van der Waals surface area (Å²) < 4.78 is 0. The van der Waals surface area contributed by atoms with E-state index >= 15 is 0 Å². The fraction of sp³-hybridized carbons (Fsp3) is 0.294. The van der Waals surface area contributed by atoms with E-state index < -0.39 is 0 Å². The van der Waals surface area contributed by atoms with E-state index in [1.807, 2.05) is 0 Å². The Hall–Kier alpha value is -4.88. The van der Waals surface area contributed by atoms with Gasteiger partial charge >= 0.3 is 0 Å². The lowest BCUT2D eigenvalue weighted by Gasteiger charge is -2.29. The van der Waals surface area contributed by atoms with Crippen LogP contribution in [0.4, 0.5) is 17.1 Å². The van der Waals surface area contributed by atoms with E-state index in [1.165, 1.54) is 137 Å². The van der Waals surface area contributed by atoms with Crippen LogP contribution in [0.1, 0.15) is 112 Å². The molecule has 0 atom stereocenters. The highest BCUT2D eigenvalue weighted by atomic mass is 15.1. The molecule has 0 spiro atoms. The first-order chi connectivity index (χ1) is 25.5. The second kappa shape index (κ2) is 13.9. The van der Waals surface area contributed by atoms with Crippen LogP contribution in [0, 0.1) is 0 Å². The lowest BCUT2D eigenvalue weighted by atomic mass is 9.82. The minimum absolute atomic E-state index is 0.0602. The molecule has 6 aromatic carbocycles. The number of fused-ring (bicyclic) bond motifs is 3. The predicted octanol–water partition coefficient (Wildman–Crippen LogP) is 14.9. The van der Waals surface area contributed by atoms with Crippen molar-refractivity contribution in [3.63, 3.8) is 0 Å². The third-order valence-electron chi connectivity index (χ3n) is 12.7. The molecule has 0 amide bonds. The molecule has 2 fully saturated rings. The number of hydrogen-bond donors (Lipinski definition) is 0. The van der Waals surface area contributed by atoms with Gasteiger partial charge in [-0.05, 0) is 136 Å². The summed E-state index contributed by atoms with van der Waals surface area (Å²) in [7, 11) is 0. The minimum atomic E-state index is -0.0602. The third-order valence-corrected chi connectivity index (χ3v) is 12.7. The second-order valence-electron chi connectivity index (χ2n) is 16.3. The molecule has 0 N–H and O–H groups in total. The quantitative estimate of drug-likeness (QED) is 0.163. The van der Waals surface area contributed by atoms with Crippen molar-refractivity contribution in [2.45, 2.75) is 95.3 Å². The fourth-order valence-corrected chi connectivity index (χ4v) is 9.70. The van der Waals surface area contributed by atoms with Gasteiger partial charge in [0.1, 0.15) is 0 Å². The highest BCUT2D eigenvalue weighted by Gasteiger charge is 2.35. The van der Waals surface area contributed by atoms with Gasteiger partial charge in [0.15, 0.2) is 0 Å². The molecule has 260 valence electrons. The lowest BCUT2D eigenvalue weighted by Crippen LogP contribution is -2.16. The number of hydrogen-bond acceptors (Lipinski definition) is 1. The van der Waals surface area contributed by atoms with Gasteiger partial charge in [-0.3, -0.25) is 0 Å². The Balaban J connectivity index is 1.08. The van der Waals surface area contributed by atoms with Gasteiger partial charge in [-0.25, -0.2) is 0 Å². The van der Waals surface area contributed by atoms with Crippen LogP contribution in [0.2, 0.25) is 0 Å². The second-order valence-corrected chi connectivity index (χ2v) is 16.3. The van der Waals surface area contributed by atoms with Crippen LogP contribution >= 0.6 is 0 Å². The summed E-state index contributed by atoms with van der Waals surface area (Å²) in [6.07, 6.45) is 13.5. The highest BCUT2D eigenvalue weighted by molar-refractivity contribution is 5.86. The maximum atomic E-state index is 2.47. The summed E-state index contributed by atoms with van der Waals surface area (Å²) >= 11 is 0. The average molecular weight is 678 g/mol. The van der Waals surface area contributed by atoms with Crippen molar-refractivity contribution in [1.82, 2.24) is 0 Å². The van der Waals surface area contributed by atoms with Crippen molar-refractivity contribution in [2.75, 3.05) is 4.90 Å². The van der Waals surface area contributed by atoms with Crippen LogP contribution in [0.25, 0.3) is 33.4 Å². The van der Waals surface area contributed by atoms with E-state index in [2.05, 4.69) is 158 Å². The van der Waals surface area contributed by atoms with E-state index in [9.17, 15) is 0 Å². The largest absolute Gasteiger partial charge is 0.310 e. The van der Waals surface area contributed by atoms with Crippen LogP contribution in [0.15, 0.2) is 140 Å². The first-order valence-corrected chi connectivity index (χ1v) is 20.0. The molecule has 0 aromatic heterocycles. The molecular weight excluding hydrogens is 627 g/mol. The highest BCUT2D eigenvalue weighted by Crippen LogP contribution is 2.51. The van der Waals surface area contributed by atoms with Gasteiger partial charge < -0.3 is 4.90 Å². The van der Waals surface area contributed by atoms with E-state index in [-0.39, 0.29) is 5.41 Å². The third kappa shape index (κ3) is 6.19. The van der Waals surface area contributed by atoms with Crippen LogP contribution in [0.5, 0.6) is 0 Å². The summed E-state index contributed by atoms with van der Waals surface area (Å²) in [6.45, 7) is 4.75. The lowest BCUT2D eigenvalue weighted by molar-refractivity contribution is 0.443. The summed E-state index contributed by atoms with van der Waals surface area (Å²) in [6, 6.07) is 53.3. The van der Waals surface area contributed by atoms with Crippen molar-refractivity contribution >= 4 is 17.1 Å². The van der Waals surface area contributed by atoms with E-state index in [1.54, 1.807) is 0 Å². The van der Waals surface area contributed by atoms with Crippen molar-refractivity contribution in [1.29, 1.82) is 0 Å². The molecule has 0 saturated heterocycles. The number of benzene rings is 6. The Morgan fingerprint density at radius 2 is 0.923 bits per heavy atom. The molecule has 9 rings (SSSR count). The first-order valence-electron chi connectivity index (χ1n) is 20.0. The molecule has 0 bridgehead atoms. The predicted molar refractivity (Wildman–Crippen MR) is 221 cm³/mol. The Bertz CT molecular complexity index is 2170. The van der Waals surface area contributed by atoms with Crippen LogP contribution in [-0.2, 0) is 5.41 Å². The number of nitrogens with zero attached hydrogens (tertiary/aromatic N) is 1. The first kappa shape index (κ1) is 33.0. The molecule has 2 saturated carbocycles. The standard InChI is InChI=1S/C51H51N/c1-51(2)49-22-10-9-21-47(49)48-32-31-46(35-50(48)51)52(44-29-27-39(28-30-44)37-15-7-4-8-16-37)45-20-12-19-43(34-45)42-18-11-17-41(33-42)40-25-23-38(24-26-40)36-13-5-3-6-14-36/h9-12,17-37H,3-8,13-16H2,1-2H3. The van der Waals surface area contributed by atoms with Gasteiger partial charge in [0.2, 0.25) is 0 Å². The van der Waals surface area contributed by atoms with Gasteiger partial charge in [-0.2, -0.15) is 0 Å². The normalized spacial score (nSPS) is 17.0. The molecule has 0 aliphatic heterocycles. The summed E-state index contributed by atoms with van der Waals surface area (Å²) in [4.78, 5) is 2.47. The molecule has 52 heavy (non-hydrogen) atoms. The number of anilines is 3. The van der Waals surface area contributed by atoms with Gasteiger partial charge in [0, 0.05) is 22.5 Å². The zero-order valence-corrected chi connectivity index (χ0v) is 31.0. The van der Waals surface area contributed by atoms with Crippen molar-refractivity contribution < 1.29 is 0 Å². The monoisotopic (exact) mass is 677 g/mol. The Morgan fingerprint density at radius 1 is 0.404 bits per heavy atom. The summed E-state index contributed by atoms with van der Waals surface area (Å²) in [5.41, 5.74) is 17.1. The molecule has 3 aliphatic rings. The van der Waals surface area contributed by atoms with E-state index in [4.69, 9.17) is 0 Å². The zero-order chi connectivity index (χ0) is 35.1. The Labute approximate surface area is 311 Å². The van der Waals surface area contributed by atoms with Crippen molar-refractivity contribution in [2.24, 2.45) is 0 Å². The maximum absolute atomic E-state index is 2.47. The van der Waals surface area contributed by atoms with Crippen molar-refractivity contribution in [3.8, 4) is 33.4 Å². The molecule has 0 unspecified atom stereocenters. The smallest absolute Gasteiger partial charge is 0.0467 e. The van der Waals surface area contributed by atoms with Crippen LogP contribution in [0.3, 0.4) is 0 Å². The molecule has 0 radical (unpaired) electrons. The van der Waals surface area contributed by atoms with E-state index in [0.717, 1.165) is 5.92 Å². The molecular formula is C51H51N. The Morgan fingerprint density at radius 3 is 1.60 bits per heavy atom. The SMILES string of the molecule is CC1(C)c2ccccc2-c2ccc(N(c3ccc(C4CCCCC4)cc3)c3cccc(-c4cccc(-c5ccc(C6CCCCC6)cc5)c4)c3)cc21. The van der Waals surface area contributed by atoms with Gasteiger partial charge in [-0.1, -0.05) is 149 Å². The minimum Gasteiger partial charge on any atom is -0.310 e. The average Bonchev–Trinajstić information content (AvgIpc) is 3.44. The molecule has 1 nitrogen and oxygen atoms in total. The maximum Gasteiger partial charge on any atom is 0.0467 e. The van der Waals surface area contributed by atoms with Crippen LogP contribution in [-0.4, -0.2) is 0 Å². The van der Waals surface area contributed by atoms with Gasteiger partial charge in [0.05, 0.1) is 0 Å². The molecule has 0 heterocycles. The number of rotatable bonds is 7. The van der Waals surface area contributed by atoms with Gasteiger partial charge in [0.25, 0.3) is 0 Å². The zero-order valence-electron chi connectivity index (χ0n) is 31.0. The van der Waals surface area contributed by atoms with Crippen molar-refractivity contribution in [3.05, 3.63) is 162 Å². The molecule has 6 aromatic rings. The molecule has 1 heteroatoms. The summed E-state index contributed by atoms with van der Waals surface area (Å²) in [5.74, 6) is 1.42. The summed E-state index contributed by atoms with van der Waals surface area (Å²) in [5, 5.41) is 0. The van der Waals surface area contributed by atoms with Gasteiger partial charge in [-0.15, -0.1) is 0 Å².